The second-order valence-corrected chi connectivity index (χ2v) is 7.19. The van der Waals surface area contributed by atoms with Gasteiger partial charge < -0.3 is 10.1 Å². The van der Waals surface area contributed by atoms with Gasteiger partial charge in [0.1, 0.15) is 4.90 Å². The van der Waals surface area contributed by atoms with Crippen molar-refractivity contribution in [2.45, 2.75) is 44.2 Å². The van der Waals surface area contributed by atoms with E-state index in [0.29, 0.717) is 35.9 Å². The molecule has 7 nitrogen and oxygen atoms in total. The summed E-state index contributed by atoms with van der Waals surface area (Å²) in [6.07, 6.45) is 1.71. The van der Waals surface area contributed by atoms with Gasteiger partial charge in [-0.3, -0.25) is 5.10 Å². The van der Waals surface area contributed by atoms with E-state index in [0.717, 1.165) is 19.4 Å². The van der Waals surface area contributed by atoms with Crippen LogP contribution in [0.5, 0.6) is 0 Å². The molecule has 1 aliphatic heterocycles. The molecule has 0 saturated carbocycles. The molecule has 0 radical (unpaired) electrons. The van der Waals surface area contributed by atoms with E-state index in [2.05, 4.69) is 22.4 Å². The van der Waals surface area contributed by atoms with E-state index in [4.69, 9.17) is 4.74 Å². The third-order valence-electron chi connectivity index (χ3n) is 3.72. The highest BCUT2D eigenvalue weighted by Crippen LogP contribution is 2.26. The number of H-pyrrole nitrogens is 1. The number of aromatic amines is 1. The molecule has 0 amide bonds. The topological polar surface area (TPSA) is 87.3 Å². The van der Waals surface area contributed by atoms with Gasteiger partial charge in [0.15, 0.2) is 0 Å². The van der Waals surface area contributed by atoms with Gasteiger partial charge in [-0.1, -0.05) is 6.92 Å². The highest BCUT2D eigenvalue weighted by molar-refractivity contribution is 7.89. The summed E-state index contributed by atoms with van der Waals surface area (Å²) in [7, 11) is -1.90. The normalized spacial score (nSPS) is 20.2. The Morgan fingerprint density at radius 1 is 1.52 bits per heavy atom. The first-order valence-electron chi connectivity index (χ1n) is 7.28. The van der Waals surface area contributed by atoms with Crippen molar-refractivity contribution in [2.24, 2.45) is 0 Å². The summed E-state index contributed by atoms with van der Waals surface area (Å²) in [5, 5.41) is 10.1. The number of hydrogen-bond acceptors (Lipinski definition) is 5. The van der Waals surface area contributed by atoms with E-state index >= 15 is 0 Å². The summed E-state index contributed by atoms with van der Waals surface area (Å²) >= 11 is 0. The Balaban J connectivity index is 2.21. The van der Waals surface area contributed by atoms with Gasteiger partial charge >= 0.3 is 0 Å². The van der Waals surface area contributed by atoms with Gasteiger partial charge in [-0.15, -0.1) is 0 Å². The molecule has 1 aromatic heterocycles. The Hall–Kier alpha value is -0.960. The van der Waals surface area contributed by atoms with E-state index in [1.54, 1.807) is 14.0 Å². The molecule has 1 fully saturated rings. The molecule has 2 N–H and O–H groups in total. The number of nitrogens with one attached hydrogen (secondary N) is 2. The van der Waals surface area contributed by atoms with Gasteiger partial charge in [-0.25, -0.2) is 8.42 Å². The van der Waals surface area contributed by atoms with Crippen LogP contribution < -0.4 is 5.32 Å². The van der Waals surface area contributed by atoms with Crippen molar-refractivity contribution >= 4 is 10.0 Å². The molecule has 120 valence electrons. The lowest BCUT2D eigenvalue weighted by Crippen LogP contribution is -2.31. The smallest absolute Gasteiger partial charge is 0.246 e. The van der Waals surface area contributed by atoms with Crippen LogP contribution in [0.25, 0.3) is 0 Å². The fourth-order valence-electron chi connectivity index (χ4n) is 2.55. The molecule has 0 aromatic carbocycles. The minimum atomic E-state index is -3.52. The lowest BCUT2D eigenvalue weighted by Gasteiger charge is -2.17. The van der Waals surface area contributed by atoms with Crippen molar-refractivity contribution in [1.82, 2.24) is 19.8 Å². The second-order valence-electron chi connectivity index (χ2n) is 5.31. The van der Waals surface area contributed by atoms with Gasteiger partial charge in [0.25, 0.3) is 0 Å². The first-order chi connectivity index (χ1) is 10.0. The van der Waals surface area contributed by atoms with E-state index < -0.39 is 10.0 Å². The van der Waals surface area contributed by atoms with Crippen LogP contribution >= 0.6 is 0 Å². The standard InChI is InChI=1S/C13H24N4O3S/c1-4-6-14-8-12-13(10(2)15-16-12)21(18,19)17-7-5-11(9-17)20-3/h11,14H,4-9H2,1-3H3,(H,15,16). The van der Waals surface area contributed by atoms with Crippen LogP contribution in [0.3, 0.4) is 0 Å². The van der Waals surface area contributed by atoms with E-state index in [-0.39, 0.29) is 6.10 Å². The quantitative estimate of drug-likeness (QED) is 0.720. The predicted octanol–water partition coefficient (Wildman–Crippen LogP) is 0.627. The summed E-state index contributed by atoms with van der Waals surface area (Å²) in [5.74, 6) is 0. The average Bonchev–Trinajstić information content (AvgIpc) is 3.06. The fraction of sp³-hybridized carbons (Fsp3) is 0.769. The fourth-order valence-corrected chi connectivity index (χ4v) is 4.37. The monoisotopic (exact) mass is 316 g/mol. The van der Waals surface area contributed by atoms with Gasteiger partial charge in [-0.2, -0.15) is 9.40 Å². The molecule has 8 heteroatoms. The highest BCUT2D eigenvalue weighted by Gasteiger charge is 2.35. The minimum absolute atomic E-state index is 0.0198. The summed E-state index contributed by atoms with van der Waals surface area (Å²) in [4.78, 5) is 0.308. The summed E-state index contributed by atoms with van der Waals surface area (Å²) in [6.45, 7) is 6.00. The molecule has 2 heterocycles. The van der Waals surface area contributed by atoms with Crippen LogP contribution in [-0.2, 0) is 21.3 Å². The second kappa shape index (κ2) is 6.87. The van der Waals surface area contributed by atoms with Crippen LogP contribution in [0.2, 0.25) is 0 Å². The average molecular weight is 316 g/mol. The Kier molecular flexibility index (Phi) is 5.37. The molecule has 0 bridgehead atoms. The number of aryl methyl sites for hydroxylation is 1. The molecule has 1 atom stereocenters. The molecule has 2 rings (SSSR count). The zero-order valence-corrected chi connectivity index (χ0v) is 13.7. The van der Waals surface area contributed by atoms with Crippen LogP contribution in [-0.4, -0.2) is 55.8 Å². The molecule has 1 aromatic rings. The van der Waals surface area contributed by atoms with E-state index in [1.165, 1.54) is 4.31 Å². The molecule has 21 heavy (non-hydrogen) atoms. The van der Waals surface area contributed by atoms with Crippen molar-refractivity contribution in [1.29, 1.82) is 0 Å². The molecule has 1 aliphatic rings. The number of nitrogens with zero attached hydrogens (tertiary/aromatic N) is 2. The zero-order chi connectivity index (χ0) is 15.5. The Bertz CT molecular complexity index is 570. The summed E-state index contributed by atoms with van der Waals surface area (Å²) < 4.78 is 32.4. The SMILES string of the molecule is CCCNCc1n[nH]c(C)c1S(=O)(=O)N1CCC(OC)C1. The predicted molar refractivity (Wildman–Crippen MR) is 79.5 cm³/mol. The number of rotatable bonds is 7. The molecule has 0 aliphatic carbocycles. The number of aromatic nitrogens is 2. The molecule has 0 spiro atoms. The number of ether oxygens (including phenoxy) is 1. The van der Waals surface area contributed by atoms with Crippen LogP contribution in [0.4, 0.5) is 0 Å². The van der Waals surface area contributed by atoms with Gasteiger partial charge in [0, 0.05) is 26.7 Å². The van der Waals surface area contributed by atoms with Crippen molar-refractivity contribution in [3.8, 4) is 0 Å². The van der Waals surface area contributed by atoms with E-state index in [9.17, 15) is 8.42 Å². The first kappa shape index (κ1) is 16.4. The van der Waals surface area contributed by atoms with Crippen molar-refractivity contribution in [3.63, 3.8) is 0 Å². The number of sulfonamides is 1. The van der Waals surface area contributed by atoms with Crippen LogP contribution in [0, 0.1) is 6.92 Å². The highest BCUT2D eigenvalue weighted by atomic mass is 32.2. The summed E-state index contributed by atoms with van der Waals surface area (Å²) in [6, 6.07) is 0. The van der Waals surface area contributed by atoms with Gasteiger partial charge in [0.05, 0.1) is 17.5 Å². The third-order valence-corrected chi connectivity index (χ3v) is 5.79. The number of methoxy groups -OCH3 is 1. The maximum absolute atomic E-state index is 12.8. The van der Waals surface area contributed by atoms with Gasteiger partial charge in [0.2, 0.25) is 10.0 Å². The largest absolute Gasteiger partial charge is 0.380 e. The van der Waals surface area contributed by atoms with Crippen LogP contribution in [0.15, 0.2) is 4.90 Å². The molecular weight excluding hydrogens is 292 g/mol. The lowest BCUT2D eigenvalue weighted by atomic mass is 10.3. The Morgan fingerprint density at radius 2 is 2.29 bits per heavy atom. The molecular formula is C13H24N4O3S. The first-order valence-corrected chi connectivity index (χ1v) is 8.72. The Morgan fingerprint density at radius 3 is 2.90 bits per heavy atom. The minimum Gasteiger partial charge on any atom is -0.380 e. The Labute approximate surface area is 126 Å². The third kappa shape index (κ3) is 3.45. The molecule has 1 unspecified atom stereocenters. The zero-order valence-electron chi connectivity index (χ0n) is 12.8. The van der Waals surface area contributed by atoms with Crippen molar-refractivity contribution in [2.75, 3.05) is 26.7 Å². The van der Waals surface area contributed by atoms with E-state index in [1.807, 2.05) is 0 Å². The summed E-state index contributed by atoms with van der Waals surface area (Å²) in [5.41, 5.74) is 1.14. The number of hydrogen-bond donors (Lipinski definition) is 2. The van der Waals surface area contributed by atoms with Gasteiger partial charge in [-0.05, 0) is 26.3 Å². The lowest BCUT2D eigenvalue weighted by molar-refractivity contribution is 0.115. The van der Waals surface area contributed by atoms with Crippen molar-refractivity contribution < 1.29 is 13.2 Å². The van der Waals surface area contributed by atoms with Crippen LogP contribution in [0.1, 0.15) is 31.2 Å². The maximum atomic E-state index is 12.8. The van der Waals surface area contributed by atoms with Crippen molar-refractivity contribution in [3.05, 3.63) is 11.4 Å². The molecule has 1 saturated heterocycles. The maximum Gasteiger partial charge on any atom is 0.246 e.